The molecule has 34 heavy (non-hydrogen) atoms. The fraction of sp³-hybridized carbons (Fsp3) is 0.524. The van der Waals surface area contributed by atoms with Crippen molar-refractivity contribution in [2.75, 3.05) is 18.4 Å². The molecule has 13 heteroatoms. The number of likely N-dealkylation sites (tertiary alicyclic amines) is 1. The minimum absolute atomic E-state index is 0.0481. The van der Waals surface area contributed by atoms with Crippen LogP contribution in [0.25, 0.3) is 0 Å². The van der Waals surface area contributed by atoms with Crippen molar-refractivity contribution in [1.82, 2.24) is 10.2 Å². The first-order valence-electron chi connectivity index (χ1n) is 10.5. The average Bonchev–Trinajstić information content (AvgIpc) is 2.75. The average molecular weight is 491 g/mol. The van der Waals surface area contributed by atoms with E-state index in [2.05, 4.69) is 10.6 Å². The summed E-state index contributed by atoms with van der Waals surface area (Å²) < 4.78 is 46.4. The van der Waals surface area contributed by atoms with Gasteiger partial charge in [0.1, 0.15) is 17.9 Å². The van der Waals surface area contributed by atoms with E-state index in [1.807, 2.05) is 4.90 Å². The standard InChI is InChI=1S/C19H24FN3O4.C2HF3O2/c1-11(19(26)27)23-8-6-12(7-9-23)14-3-2-13(10-15(14)20)21-16-4-5-17(24)22-18(16)25;3-2(4,5)1(6)7/h2-3,10-12,16,21H,4-9H2,1H3,(H,26,27)(H,22,24,25);(H,6,7). The zero-order chi connectivity index (χ0) is 25.6. The van der Waals surface area contributed by atoms with Crippen LogP contribution < -0.4 is 10.6 Å². The summed E-state index contributed by atoms with van der Waals surface area (Å²) in [4.78, 5) is 44.9. The van der Waals surface area contributed by atoms with E-state index in [4.69, 9.17) is 15.0 Å². The number of hydrogen-bond donors (Lipinski definition) is 4. The van der Waals surface area contributed by atoms with Crippen LogP contribution in [0, 0.1) is 5.82 Å². The molecule has 188 valence electrons. The lowest BCUT2D eigenvalue weighted by molar-refractivity contribution is -0.192. The number of carbonyl (C=O) groups excluding carboxylic acids is 2. The topological polar surface area (TPSA) is 136 Å². The number of rotatable bonds is 5. The van der Waals surface area contributed by atoms with Crippen LogP contribution in [-0.2, 0) is 19.2 Å². The Kier molecular flexibility index (Phi) is 8.96. The highest BCUT2D eigenvalue weighted by molar-refractivity contribution is 6.01. The molecule has 0 aromatic heterocycles. The second-order valence-electron chi connectivity index (χ2n) is 8.01. The van der Waals surface area contributed by atoms with Crippen LogP contribution in [0.1, 0.15) is 44.1 Å². The molecule has 0 aliphatic carbocycles. The maximum absolute atomic E-state index is 14.6. The molecule has 0 bridgehead atoms. The molecular weight excluding hydrogens is 466 g/mol. The van der Waals surface area contributed by atoms with Crippen LogP contribution >= 0.6 is 0 Å². The molecule has 1 aromatic carbocycles. The van der Waals surface area contributed by atoms with Gasteiger partial charge in [-0.25, -0.2) is 9.18 Å². The summed E-state index contributed by atoms with van der Waals surface area (Å²) in [6, 6.07) is 3.77. The highest BCUT2D eigenvalue weighted by Gasteiger charge is 2.38. The number of nitrogens with zero attached hydrogens (tertiary/aromatic N) is 1. The van der Waals surface area contributed by atoms with Crippen molar-refractivity contribution in [2.45, 2.75) is 56.8 Å². The maximum Gasteiger partial charge on any atom is 0.490 e. The number of nitrogens with one attached hydrogen (secondary N) is 2. The number of hydrogen-bond acceptors (Lipinski definition) is 6. The van der Waals surface area contributed by atoms with Gasteiger partial charge in [0, 0.05) is 12.1 Å². The molecular formula is C21H25F4N3O6. The molecule has 2 amide bonds. The van der Waals surface area contributed by atoms with Crippen molar-refractivity contribution >= 4 is 29.4 Å². The van der Waals surface area contributed by atoms with Crippen LogP contribution in [0.3, 0.4) is 0 Å². The van der Waals surface area contributed by atoms with Crippen molar-refractivity contribution in [3.8, 4) is 0 Å². The number of anilines is 1. The zero-order valence-corrected chi connectivity index (χ0v) is 18.2. The zero-order valence-electron chi connectivity index (χ0n) is 18.2. The van der Waals surface area contributed by atoms with Crippen molar-refractivity contribution in [2.24, 2.45) is 0 Å². The first kappa shape index (κ1) is 27.0. The molecule has 0 spiro atoms. The van der Waals surface area contributed by atoms with Gasteiger partial charge in [-0.3, -0.25) is 24.6 Å². The van der Waals surface area contributed by atoms with Gasteiger partial charge in [-0.1, -0.05) is 6.07 Å². The lowest BCUT2D eigenvalue weighted by atomic mass is 9.88. The van der Waals surface area contributed by atoms with Gasteiger partial charge in [0.15, 0.2) is 0 Å². The first-order chi connectivity index (χ1) is 15.8. The second-order valence-corrected chi connectivity index (χ2v) is 8.01. The summed E-state index contributed by atoms with van der Waals surface area (Å²) >= 11 is 0. The van der Waals surface area contributed by atoms with Gasteiger partial charge >= 0.3 is 18.1 Å². The van der Waals surface area contributed by atoms with Gasteiger partial charge in [-0.05, 0) is 62.9 Å². The largest absolute Gasteiger partial charge is 0.490 e. The summed E-state index contributed by atoms with van der Waals surface area (Å²) in [5.74, 6) is -4.57. The van der Waals surface area contributed by atoms with Crippen LogP contribution in [0.4, 0.5) is 23.2 Å². The number of piperidine rings is 2. The van der Waals surface area contributed by atoms with Gasteiger partial charge in [-0.15, -0.1) is 0 Å². The number of carboxylic acid groups (broad SMARTS) is 2. The number of amides is 2. The second kappa shape index (κ2) is 11.3. The van der Waals surface area contributed by atoms with E-state index in [1.165, 1.54) is 6.07 Å². The molecule has 2 heterocycles. The van der Waals surface area contributed by atoms with Gasteiger partial charge in [0.25, 0.3) is 0 Å². The Balaban J connectivity index is 0.000000509. The van der Waals surface area contributed by atoms with Gasteiger partial charge in [0.05, 0.1) is 0 Å². The summed E-state index contributed by atoms with van der Waals surface area (Å²) in [5, 5.41) is 21.5. The Morgan fingerprint density at radius 3 is 2.21 bits per heavy atom. The van der Waals surface area contributed by atoms with E-state index in [-0.39, 0.29) is 24.1 Å². The van der Waals surface area contributed by atoms with E-state index in [0.29, 0.717) is 43.6 Å². The van der Waals surface area contributed by atoms with Crippen LogP contribution in [-0.4, -0.2) is 70.2 Å². The Morgan fingerprint density at radius 1 is 1.15 bits per heavy atom. The minimum Gasteiger partial charge on any atom is -0.480 e. The lowest BCUT2D eigenvalue weighted by Crippen LogP contribution is -2.47. The fourth-order valence-electron chi connectivity index (χ4n) is 3.73. The van der Waals surface area contributed by atoms with Crippen molar-refractivity contribution < 1.29 is 47.0 Å². The number of imide groups is 1. The first-order valence-corrected chi connectivity index (χ1v) is 10.5. The Bertz CT molecular complexity index is 932. The molecule has 2 aliphatic heterocycles. The van der Waals surface area contributed by atoms with E-state index in [9.17, 15) is 31.9 Å². The summed E-state index contributed by atoms with van der Waals surface area (Å²) in [5.41, 5.74) is 1.12. The maximum atomic E-state index is 14.6. The van der Waals surface area contributed by atoms with Crippen LogP contribution in [0.15, 0.2) is 18.2 Å². The Morgan fingerprint density at radius 2 is 1.74 bits per heavy atom. The fourth-order valence-corrected chi connectivity index (χ4v) is 3.73. The molecule has 2 saturated heterocycles. The number of aliphatic carboxylic acids is 2. The third kappa shape index (κ3) is 7.40. The van der Waals surface area contributed by atoms with E-state index in [0.717, 1.165) is 0 Å². The van der Waals surface area contributed by atoms with E-state index in [1.54, 1.807) is 19.1 Å². The van der Waals surface area contributed by atoms with Gasteiger partial charge in [0.2, 0.25) is 11.8 Å². The summed E-state index contributed by atoms with van der Waals surface area (Å²) in [6.45, 7) is 2.90. The monoisotopic (exact) mass is 491 g/mol. The number of benzene rings is 1. The number of carboxylic acids is 2. The van der Waals surface area contributed by atoms with Crippen molar-refractivity contribution in [3.05, 3.63) is 29.6 Å². The van der Waals surface area contributed by atoms with Crippen LogP contribution in [0.5, 0.6) is 0 Å². The van der Waals surface area contributed by atoms with Crippen LogP contribution in [0.2, 0.25) is 0 Å². The molecule has 2 atom stereocenters. The third-order valence-electron chi connectivity index (χ3n) is 5.70. The number of carbonyl (C=O) groups is 4. The van der Waals surface area contributed by atoms with E-state index >= 15 is 0 Å². The van der Waals surface area contributed by atoms with E-state index < -0.39 is 36.1 Å². The highest BCUT2D eigenvalue weighted by Crippen LogP contribution is 2.32. The minimum atomic E-state index is -5.08. The predicted molar refractivity (Wildman–Crippen MR) is 111 cm³/mol. The molecule has 0 saturated carbocycles. The quantitative estimate of drug-likeness (QED) is 0.364. The Labute approximate surface area is 192 Å². The number of halogens is 4. The summed E-state index contributed by atoms with van der Waals surface area (Å²) in [6.07, 6.45) is -3.03. The molecule has 1 aromatic rings. The smallest absolute Gasteiger partial charge is 0.480 e. The lowest BCUT2D eigenvalue weighted by Gasteiger charge is -2.34. The molecule has 4 N–H and O–H groups in total. The molecule has 2 aliphatic rings. The van der Waals surface area contributed by atoms with Crippen molar-refractivity contribution in [1.29, 1.82) is 0 Å². The predicted octanol–water partition coefficient (Wildman–Crippen LogP) is 2.33. The van der Waals surface area contributed by atoms with Crippen molar-refractivity contribution in [3.63, 3.8) is 0 Å². The third-order valence-corrected chi connectivity index (χ3v) is 5.70. The van der Waals surface area contributed by atoms with Gasteiger partial charge in [-0.2, -0.15) is 13.2 Å². The molecule has 0 radical (unpaired) electrons. The molecule has 9 nitrogen and oxygen atoms in total. The summed E-state index contributed by atoms with van der Waals surface area (Å²) in [7, 11) is 0. The molecule has 2 unspecified atom stereocenters. The van der Waals surface area contributed by atoms with Gasteiger partial charge < -0.3 is 15.5 Å². The molecule has 3 rings (SSSR count). The highest BCUT2D eigenvalue weighted by atomic mass is 19.4. The SMILES string of the molecule is CC(C(=O)O)N1CCC(c2ccc(NC3CCC(=O)NC3=O)cc2F)CC1.O=C(O)C(F)(F)F. The molecule has 2 fully saturated rings. The normalized spacial score (nSPS) is 20.6. The Hall–Kier alpha value is -3.22. The number of alkyl halides is 3.